The van der Waals surface area contributed by atoms with E-state index in [-0.39, 0.29) is 15.1 Å². The van der Waals surface area contributed by atoms with E-state index in [9.17, 15) is 9.00 Å². The number of rotatable bonds is 4. The Morgan fingerprint density at radius 2 is 2.38 bits per heavy atom. The third-order valence-corrected chi connectivity index (χ3v) is 3.58. The van der Waals surface area contributed by atoms with E-state index in [0.29, 0.717) is 0 Å². The average molecular weight is 218 g/mol. The Hall–Kier alpha value is -1.08. The molecule has 1 unspecified atom stereocenters. The fraction of sp³-hybridized carbons (Fsp3) is 0.167. The molecule has 0 fully saturated rings. The average Bonchev–Trinajstić information content (AvgIpc) is 2.52. The van der Waals surface area contributed by atoms with Crippen molar-refractivity contribution in [1.29, 1.82) is 0 Å². The molecule has 1 N–H and O–H groups in total. The summed E-state index contributed by atoms with van der Waals surface area (Å²) in [5.41, 5.74) is 0. The summed E-state index contributed by atoms with van der Waals surface area (Å²) < 4.78 is 11.5. The monoisotopic (exact) mass is 218 g/mol. The highest BCUT2D eigenvalue weighted by atomic mass is 32.2. The van der Waals surface area contributed by atoms with Gasteiger partial charge in [0.15, 0.2) is 0 Å². The molecule has 0 amide bonds. The van der Waals surface area contributed by atoms with Crippen LogP contribution in [0.5, 0.6) is 0 Å². The predicted molar refractivity (Wildman–Crippen MR) is 48.3 cm³/mol. The number of aromatic carboxylic acids is 1. The first-order chi connectivity index (χ1) is 6.15. The molecule has 7 heteroatoms. The number of carboxylic acids is 1. The molecule has 0 saturated carbocycles. The molecule has 5 nitrogen and oxygen atoms in total. The predicted octanol–water partition coefficient (Wildman–Crippen LogP) is 0.530. The molecule has 0 aliphatic heterocycles. The highest BCUT2D eigenvalue weighted by molar-refractivity contribution is 7.87. The van der Waals surface area contributed by atoms with Crippen molar-refractivity contribution in [1.82, 2.24) is 10.2 Å². The Labute approximate surface area is 80.6 Å². The molecule has 70 valence electrons. The fourth-order valence-electron chi connectivity index (χ4n) is 0.567. The van der Waals surface area contributed by atoms with Gasteiger partial charge in [-0.1, -0.05) is 17.4 Å². The maximum atomic E-state index is 11.2. The van der Waals surface area contributed by atoms with Crippen molar-refractivity contribution in [2.45, 2.75) is 4.34 Å². The number of aromatic nitrogens is 2. The van der Waals surface area contributed by atoms with Crippen LogP contribution >= 0.6 is 11.3 Å². The highest BCUT2D eigenvalue weighted by Crippen LogP contribution is 2.13. The van der Waals surface area contributed by atoms with Gasteiger partial charge in [-0.2, -0.15) is 0 Å². The van der Waals surface area contributed by atoms with Crippen molar-refractivity contribution in [2.75, 3.05) is 5.75 Å². The Bertz CT molecular complexity index is 361. The second-order valence-corrected chi connectivity index (χ2v) is 4.63. The lowest BCUT2D eigenvalue weighted by atomic mass is 10.7. The maximum Gasteiger partial charge on any atom is 0.367 e. The van der Waals surface area contributed by atoms with Gasteiger partial charge in [-0.3, -0.25) is 4.21 Å². The fourth-order valence-corrected chi connectivity index (χ4v) is 2.28. The lowest BCUT2D eigenvalue weighted by Gasteiger charge is -1.87. The van der Waals surface area contributed by atoms with Crippen LogP contribution in [0.15, 0.2) is 17.0 Å². The summed E-state index contributed by atoms with van der Waals surface area (Å²) in [6.07, 6.45) is 1.48. The maximum absolute atomic E-state index is 11.2. The number of carbonyl (C=O) groups is 1. The van der Waals surface area contributed by atoms with Gasteiger partial charge in [0.2, 0.25) is 9.35 Å². The van der Waals surface area contributed by atoms with Gasteiger partial charge in [0.05, 0.1) is 10.8 Å². The van der Waals surface area contributed by atoms with Crippen LogP contribution in [0.1, 0.15) is 9.80 Å². The summed E-state index contributed by atoms with van der Waals surface area (Å²) in [7, 11) is -1.32. The topological polar surface area (TPSA) is 80.2 Å². The molecule has 0 aliphatic rings. The van der Waals surface area contributed by atoms with Crippen molar-refractivity contribution in [3.05, 3.63) is 17.7 Å². The molecule has 0 aliphatic carbocycles. The van der Waals surface area contributed by atoms with Crippen molar-refractivity contribution >= 4 is 28.1 Å². The molecule has 1 atom stereocenters. The zero-order valence-electron chi connectivity index (χ0n) is 6.47. The van der Waals surface area contributed by atoms with Crippen LogP contribution < -0.4 is 0 Å². The van der Waals surface area contributed by atoms with Crippen LogP contribution in [0.2, 0.25) is 0 Å². The molecular formula is C6H6N2O3S2. The summed E-state index contributed by atoms with van der Waals surface area (Å²) >= 11 is 0.819. The molecule has 1 aromatic rings. The van der Waals surface area contributed by atoms with Crippen molar-refractivity contribution in [3.63, 3.8) is 0 Å². The third-order valence-electron chi connectivity index (χ3n) is 1.05. The van der Waals surface area contributed by atoms with Crippen LogP contribution in [0.3, 0.4) is 0 Å². The van der Waals surface area contributed by atoms with Crippen LogP contribution in [-0.2, 0) is 10.8 Å². The van der Waals surface area contributed by atoms with Crippen molar-refractivity contribution in [2.24, 2.45) is 0 Å². The summed E-state index contributed by atoms with van der Waals surface area (Å²) in [6, 6.07) is 0. The number of nitrogens with zero attached hydrogens (tertiary/aromatic N) is 2. The first-order valence-electron chi connectivity index (χ1n) is 3.21. The smallest absolute Gasteiger partial charge is 0.367 e. The van der Waals surface area contributed by atoms with Gasteiger partial charge in [0, 0.05) is 5.75 Å². The van der Waals surface area contributed by atoms with Crippen LogP contribution in [0.25, 0.3) is 0 Å². The van der Waals surface area contributed by atoms with E-state index in [1.54, 1.807) is 0 Å². The van der Waals surface area contributed by atoms with Gasteiger partial charge in [0.1, 0.15) is 0 Å². The first-order valence-corrected chi connectivity index (χ1v) is 5.34. The molecular weight excluding hydrogens is 212 g/mol. The van der Waals surface area contributed by atoms with E-state index in [4.69, 9.17) is 5.11 Å². The minimum Gasteiger partial charge on any atom is -0.476 e. The number of hydrogen-bond donors (Lipinski definition) is 1. The molecule has 0 saturated heterocycles. The van der Waals surface area contributed by atoms with Crippen LogP contribution in [0, 0.1) is 0 Å². The van der Waals surface area contributed by atoms with E-state index in [1.165, 1.54) is 6.08 Å². The van der Waals surface area contributed by atoms with Crippen LogP contribution in [-0.4, -0.2) is 31.2 Å². The van der Waals surface area contributed by atoms with E-state index >= 15 is 0 Å². The third kappa shape index (κ3) is 2.43. The lowest BCUT2D eigenvalue weighted by Crippen LogP contribution is -1.93. The van der Waals surface area contributed by atoms with Gasteiger partial charge in [-0.25, -0.2) is 4.79 Å². The standard InChI is InChI=1S/C6H6N2O3S2/c1-2-3-13(11)6-8-7-4(12-6)5(9)10/h2H,1,3H2,(H,9,10). The van der Waals surface area contributed by atoms with Crippen LogP contribution in [0.4, 0.5) is 0 Å². The Morgan fingerprint density at radius 3 is 2.85 bits per heavy atom. The van der Waals surface area contributed by atoms with Gasteiger partial charge in [0.25, 0.3) is 0 Å². The van der Waals surface area contributed by atoms with E-state index in [1.807, 2.05) is 0 Å². The molecule has 1 aromatic heterocycles. The minimum absolute atomic E-state index is 0.146. The van der Waals surface area contributed by atoms with Gasteiger partial charge in [-0.15, -0.1) is 16.8 Å². The summed E-state index contributed by atoms with van der Waals surface area (Å²) in [5, 5.41) is 15.2. The Balaban J connectivity index is 2.85. The molecule has 0 bridgehead atoms. The summed E-state index contributed by atoms with van der Waals surface area (Å²) in [6.45, 7) is 3.42. The first kappa shape index (κ1) is 10.0. The lowest BCUT2D eigenvalue weighted by molar-refractivity contribution is 0.0695. The minimum atomic E-state index is -1.32. The van der Waals surface area contributed by atoms with E-state index in [0.717, 1.165) is 11.3 Å². The second kappa shape index (κ2) is 4.24. The zero-order chi connectivity index (χ0) is 9.84. The van der Waals surface area contributed by atoms with Crippen molar-refractivity contribution in [3.8, 4) is 0 Å². The zero-order valence-corrected chi connectivity index (χ0v) is 8.10. The molecule has 13 heavy (non-hydrogen) atoms. The Morgan fingerprint density at radius 1 is 1.69 bits per heavy atom. The molecule has 1 heterocycles. The second-order valence-electron chi connectivity index (χ2n) is 1.98. The summed E-state index contributed by atoms with van der Waals surface area (Å²) in [4.78, 5) is 10.4. The van der Waals surface area contributed by atoms with Gasteiger partial charge in [-0.05, 0) is 0 Å². The van der Waals surface area contributed by atoms with Crippen molar-refractivity contribution < 1.29 is 14.1 Å². The molecule has 0 radical (unpaired) electrons. The quantitative estimate of drug-likeness (QED) is 0.745. The largest absolute Gasteiger partial charge is 0.476 e. The normalized spacial score (nSPS) is 12.3. The summed E-state index contributed by atoms with van der Waals surface area (Å²) in [5.74, 6) is -0.895. The number of carboxylic acid groups (broad SMARTS) is 1. The molecule has 0 aromatic carbocycles. The molecule has 0 spiro atoms. The number of hydrogen-bond acceptors (Lipinski definition) is 5. The SMILES string of the molecule is C=CCS(=O)c1nnc(C(=O)O)s1. The van der Waals surface area contributed by atoms with Gasteiger partial charge >= 0.3 is 5.97 Å². The highest BCUT2D eigenvalue weighted by Gasteiger charge is 2.14. The van der Waals surface area contributed by atoms with E-state index < -0.39 is 16.8 Å². The van der Waals surface area contributed by atoms with Gasteiger partial charge < -0.3 is 5.11 Å². The van der Waals surface area contributed by atoms with E-state index in [2.05, 4.69) is 16.8 Å². The Kier molecular flexibility index (Phi) is 3.26. The molecule has 1 rings (SSSR count).